The highest BCUT2D eigenvalue weighted by molar-refractivity contribution is 7.93. The largest absolute Gasteiger partial charge is 0.485 e. The van der Waals surface area contributed by atoms with E-state index in [0.717, 1.165) is 28.8 Å². The molecule has 0 fully saturated rings. The highest BCUT2D eigenvalue weighted by Crippen LogP contribution is 2.39. The number of benzene rings is 2. The monoisotopic (exact) mass is 549 g/mol. The van der Waals surface area contributed by atoms with Crippen molar-refractivity contribution in [3.8, 4) is 5.75 Å². The van der Waals surface area contributed by atoms with Gasteiger partial charge in [-0.15, -0.1) is 0 Å². The second-order valence-corrected chi connectivity index (χ2v) is 13.5. The molecule has 0 N–H and O–H groups in total. The second kappa shape index (κ2) is 9.58. The summed E-state index contributed by atoms with van der Waals surface area (Å²) in [5, 5.41) is 0. The van der Waals surface area contributed by atoms with Crippen molar-refractivity contribution in [1.82, 2.24) is 0 Å². The third kappa shape index (κ3) is 6.90. The zero-order chi connectivity index (χ0) is 27.1. The third-order valence-electron chi connectivity index (χ3n) is 4.96. The van der Waals surface area contributed by atoms with Gasteiger partial charge in [-0.05, 0) is 56.7 Å². The predicted molar refractivity (Wildman–Crippen MR) is 126 cm³/mol. The van der Waals surface area contributed by atoms with Crippen LogP contribution in [0.2, 0.25) is 0 Å². The minimum atomic E-state index is -4.77. The fraction of sp³-hybridized carbons (Fsp3) is 0.435. The van der Waals surface area contributed by atoms with Gasteiger partial charge in [0.2, 0.25) is 0 Å². The standard InChI is InChI=1S/C23H26F3NO7S2/c1-22(2,3)34-21(28)11-15-8-9-20-19(10-15)27(13-17(33-20)14-35(4,29)30)36(31,32)18-7-5-6-16(12-18)23(24,25)26/h5-10,12,17H,11,13-14H2,1-4H3/t17-/m1/s1. The highest BCUT2D eigenvalue weighted by Gasteiger charge is 2.38. The molecule has 0 saturated carbocycles. The number of hydrogen-bond donors (Lipinski definition) is 0. The summed E-state index contributed by atoms with van der Waals surface area (Å²) >= 11 is 0. The average molecular weight is 550 g/mol. The van der Waals surface area contributed by atoms with Gasteiger partial charge in [0, 0.05) is 6.26 Å². The molecule has 0 radical (unpaired) electrons. The number of halogens is 3. The molecule has 2 aromatic carbocycles. The Morgan fingerprint density at radius 1 is 1.08 bits per heavy atom. The van der Waals surface area contributed by atoms with E-state index >= 15 is 0 Å². The van der Waals surface area contributed by atoms with Crippen LogP contribution in [0.25, 0.3) is 0 Å². The first-order valence-electron chi connectivity index (χ1n) is 10.7. The molecule has 198 valence electrons. The molecule has 1 atom stereocenters. The van der Waals surface area contributed by atoms with Crippen molar-refractivity contribution >= 4 is 31.5 Å². The molecule has 0 unspecified atom stereocenters. The van der Waals surface area contributed by atoms with E-state index in [4.69, 9.17) is 9.47 Å². The van der Waals surface area contributed by atoms with Gasteiger partial charge in [0.25, 0.3) is 10.0 Å². The van der Waals surface area contributed by atoms with E-state index in [2.05, 4.69) is 0 Å². The van der Waals surface area contributed by atoms with Gasteiger partial charge in [-0.3, -0.25) is 9.10 Å². The van der Waals surface area contributed by atoms with Gasteiger partial charge in [0.15, 0.2) is 9.84 Å². The van der Waals surface area contributed by atoms with Gasteiger partial charge < -0.3 is 9.47 Å². The predicted octanol–water partition coefficient (Wildman–Crippen LogP) is 3.59. The van der Waals surface area contributed by atoms with Gasteiger partial charge in [0.1, 0.15) is 17.5 Å². The Morgan fingerprint density at radius 3 is 2.33 bits per heavy atom. The van der Waals surface area contributed by atoms with Crippen molar-refractivity contribution in [2.75, 3.05) is 22.9 Å². The lowest BCUT2D eigenvalue weighted by Gasteiger charge is -2.35. The van der Waals surface area contributed by atoms with Crippen LogP contribution in [-0.2, 0) is 42.0 Å². The molecule has 0 saturated heterocycles. The maximum Gasteiger partial charge on any atom is 0.416 e. The summed E-state index contributed by atoms with van der Waals surface area (Å²) in [6.07, 6.45) is -5.12. The number of carbonyl (C=O) groups excluding carboxylic acids is 1. The maximum absolute atomic E-state index is 13.5. The Morgan fingerprint density at radius 2 is 1.75 bits per heavy atom. The Kier molecular flexibility index (Phi) is 7.39. The van der Waals surface area contributed by atoms with E-state index in [9.17, 15) is 34.8 Å². The molecule has 1 aliphatic rings. The normalized spacial score (nSPS) is 16.8. The quantitative estimate of drug-likeness (QED) is 0.507. The van der Waals surface area contributed by atoms with Gasteiger partial charge in [0.05, 0.1) is 34.9 Å². The molecule has 0 bridgehead atoms. The van der Waals surface area contributed by atoms with Crippen LogP contribution in [0, 0.1) is 0 Å². The third-order valence-corrected chi connectivity index (χ3v) is 7.71. The minimum Gasteiger partial charge on any atom is -0.485 e. The van der Waals surface area contributed by atoms with Crippen molar-refractivity contribution in [3.05, 3.63) is 53.6 Å². The summed E-state index contributed by atoms with van der Waals surface area (Å²) in [5.74, 6) is -1.07. The van der Waals surface area contributed by atoms with Crippen LogP contribution in [0.5, 0.6) is 5.75 Å². The average Bonchev–Trinajstić information content (AvgIpc) is 2.70. The fourth-order valence-electron chi connectivity index (χ4n) is 3.62. The molecule has 0 spiro atoms. The lowest BCUT2D eigenvalue weighted by molar-refractivity contribution is -0.153. The Hall–Kier alpha value is -2.80. The molecule has 0 amide bonds. The molecule has 1 heterocycles. The van der Waals surface area contributed by atoms with E-state index < -0.39 is 66.5 Å². The van der Waals surface area contributed by atoms with Gasteiger partial charge in [-0.2, -0.15) is 13.2 Å². The van der Waals surface area contributed by atoms with E-state index in [1.54, 1.807) is 20.8 Å². The summed E-state index contributed by atoms with van der Waals surface area (Å²) in [6, 6.07) is 7.51. The number of nitrogens with zero attached hydrogens (tertiary/aromatic N) is 1. The van der Waals surface area contributed by atoms with Crippen molar-refractivity contribution in [2.24, 2.45) is 0 Å². The van der Waals surface area contributed by atoms with Crippen LogP contribution in [-0.4, -0.2) is 53.1 Å². The number of esters is 1. The van der Waals surface area contributed by atoms with Gasteiger partial charge in [-0.25, -0.2) is 16.8 Å². The summed E-state index contributed by atoms with van der Waals surface area (Å²) in [4.78, 5) is 11.7. The maximum atomic E-state index is 13.5. The second-order valence-electron chi connectivity index (χ2n) is 9.46. The summed E-state index contributed by atoms with van der Waals surface area (Å²) in [6.45, 7) is 4.61. The van der Waals surface area contributed by atoms with Gasteiger partial charge >= 0.3 is 12.1 Å². The molecule has 1 aliphatic heterocycles. The summed E-state index contributed by atoms with van der Waals surface area (Å²) in [7, 11) is -8.16. The van der Waals surface area contributed by atoms with Crippen LogP contribution >= 0.6 is 0 Å². The molecular weight excluding hydrogens is 523 g/mol. The number of ether oxygens (including phenoxy) is 2. The number of rotatable bonds is 6. The molecule has 36 heavy (non-hydrogen) atoms. The number of carbonyl (C=O) groups is 1. The van der Waals surface area contributed by atoms with E-state index in [0.29, 0.717) is 11.6 Å². The highest BCUT2D eigenvalue weighted by atomic mass is 32.2. The smallest absolute Gasteiger partial charge is 0.416 e. The zero-order valence-corrected chi connectivity index (χ0v) is 21.6. The first-order valence-corrected chi connectivity index (χ1v) is 14.2. The molecule has 3 rings (SSSR count). The molecule has 13 heteroatoms. The number of sulfone groups is 1. The summed E-state index contributed by atoms with van der Waals surface area (Å²) < 4.78 is 102. The number of alkyl halides is 3. The molecule has 2 aromatic rings. The first kappa shape index (κ1) is 27.8. The Labute approximate surface area is 208 Å². The topological polar surface area (TPSA) is 107 Å². The van der Waals surface area contributed by atoms with E-state index in [1.807, 2.05) is 0 Å². The lowest BCUT2D eigenvalue weighted by Crippen LogP contribution is -2.46. The Bertz CT molecular complexity index is 1360. The minimum absolute atomic E-state index is 0.0124. The molecular formula is C23H26F3NO7S2. The molecule has 0 aromatic heterocycles. The van der Waals surface area contributed by atoms with Crippen LogP contribution in [0.1, 0.15) is 31.9 Å². The first-order chi connectivity index (χ1) is 16.3. The van der Waals surface area contributed by atoms with Crippen molar-refractivity contribution in [2.45, 2.75) is 50.0 Å². The lowest BCUT2D eigenvalue weighted by atomic mass is 10.1. The van der Waals surface area contributed by atoms with E-state index in [1.165, 1.54) is 18.2 Å². The van der Waals surface area contributed by atoms with Gasteiger partial charge in [-0.1, -0.05) is 12.1 Å². The van der Waals surface area contributed by atoms with E-state index in [-0.39, 0.29) is 17.9 Å². The fourth-order valence-corrected chi connectivity index (χ4v) is 6.02. The number of hydrogen-bond acceptors (Lipinski definition) is 7. The number of sulfonamides is 1. The molecule has 8 nitrogen and oxygen atoms in total. The van der Waals surface area contributed by atoms with Crippen LogP contribution in [0.15, 0.2) is 47.4 Å². The van der Waals surface area contributed by atoms with Crippen molar-refractivity contribution in [1.29, 1.82) is 0 Å². The zero-order valence-electron chi connectivity index (χ0n) is 20.0. The SMILES string of the molecule is CC(C)(C)OC(=O)Cc1ccc2c(c1)N(S(=O)(=O)c1cccc(C(F)(F)F)c1)C[C@H](CS(C)(=O)=O)O2. The van der Waals surface area contributed by atoms with Crippen LogP contribution in [0.3, 0.4) is 0 Å². The number of fused-ring (bicyclic) bond motifs is 1. The summed E-state index contributed by atoms with van der Waals surface area (Å²) in [5.41, 5.74) is -1.55. The van der Waals surface area contributed by atoms with Crippen molar-refractivity contribution in [3.63, 3.8) is 0 Å². The van der Waals surface area contributed by atoms with Crippen LogP contribution < -0.4 is 9.04 Å². The van der Waals surface area contributed by atoms with Crippen molar-refractivity contribution < 1.29 is 44.3 Å². The molecule has 0 aliphatic carbocycles. The number of anilines is 1. The van der Waals surface area contributed by atoms with Crippen LogP contribution in [0.4, 0.5) is 18.9 Å². The Balaban J connectivity index is 2.07.